The molecule has 0 aliphatic heterocycles. The molecule has 3 aromatic rings. The number of furan rings is 1. The van der Waals surface area contributed by atoms with Crippen LogP contribution in [-0.2, 0) is 11.2 Å². The molecule has 0 fully saturated rings. The van der Waals surface area contributed by atoms with Gasteiger partial charge in [-0.15, -0.1) is 11.3 Å². The summed E-state index contributed by atoms with van der Waals surface area (Å²) in [6, 6.07) is 3.44. The molecule has 132 valence electrons. The highest BCUT2D eigenvalue weighted by molar-refractivity contribution is 7.11. The van der Waals surface area contributed by atoms with E-state index in [1.54, 1.807) is 41.7 Å². The van der Waals surface area contributed by atoms with Crippen molar-refractivity contribution in [3.8, 4) is 11.6 Å². The number of hydrogen-bond acceptors (Lipinski definition) is 7. The minimum Gasteiger partial charge on any atom is -0.461 e. The first kappa shape index (κ1) is 17.3. The quantitative estimate of drug-likeness (QED) is 0.668. The van der Waals surface area contributed by atoms with Crippen LogP contribution in [0.5, 0.6) is 0 Å². The van der Waals surface area contributed by atoms with Crippen LogP contribution in [0.3, 0.4) is 0 Å². The zero-order chi connectivity index (χ0) is 18.0. The van der Waals surface area contributed by atoms with Gasteiger partial charge in [-0.3, -0.25) is 4.79 Å². The molecule has 1 amide bonds. The lowest BCUT2D eigenvalue weighted by Crippen LogP contribution is -2.30. The Kier molecular flexibility index (Phi) is 4.98. The Morgan fingerprint density at radius 3 is 2.80 bits per heavy atom. The lowest BCUT2D eigenvalue weighted by Gasteiger charge is -2.24. The van der Waals surface area contributed by atoms with Crippen LogP contribution in [0, 0.1) is 13.8 Å². The van der Waals surface area contributed by atoms with Crippen LogP contribution >= 0.6 is 11.3 Å². The molecule has 0 aliphatic rings. The van der Waals surface area contributed by atoms with Gasteiger partial charge in [0.1, 0.15) is 0 Å². The third-order valence-electron chi connectivity index (χ3n) is 4.07. The number of hydrogen-bond donors (Lipinski definition) is 0. The van der Waals surface area contributed by atoms with Crippen molar-refractivity contribution in [2.24, 2.45) is 0 Å². The molecule has 1 atom stereocenters. The number of nitrogens with zero attached hydrogens (tertiary/aromatic N) is 4. The summed E-state index contributed by atoms with van der Waals surface area (Å²) in [5, 5.41) is 4.88. The molecule has 0 bridgehead atoms. The molecular formula is C17H20N4O3S. The SMILES string of the molecule is Cc1nc(C(C)N(C)C(=O)CCc2nc(-c3ccco3)no2)c(C)s1. The molecule has 0 radical (unpaired) electrons. The van der Waals surface area contributed by atoms with E-state index in [4.69, 9.17) is 8.94 Å². The first-order chi connectivity index (χ1) is 12.0. The van der Waals surface area contributed by atoms with Gasteiger partial charge >= 0.3 is 0 Å². The summed E-state index contributed by atoms with van der Waals surface area (Å²) in [6.07, 6.45) is 2.23. The van der Waals surface area contributed by atoms with Crippen LogP contribution in [0.1, 0.15) is 40.9 Å². The molecule has 0 spiro atoms. The van der Waals surface area contributed by atoms with Crippen LogP contribution in [0.15, 0.2) is 27.3 Å². The zero-order valence-corrected chi connectivity index (χ0v) is 15.5. The van der Waals surface area contributed by atoms with Crippen LogP contribution in [-0.4, -0.2) is 33.0 Å². The number of amides is 1. The summed E-state index contributed by atoms with van der Waals surface area (Å²) < 4.78 is 10.4. The van der Waals surface area contributed by atoms with Gasteiger partial charge in [0.05, 0.1) is 23.0 Å². The average Bonchev–Trinajstić information content (AvgIpc) is 3.31. The monoisotopic (exact) mass is 360 g/mol. The summed E-state index contributed by atoms with van der Waals surface area (Å²) >= 11 is 1.65. The van der Waals surface area contributed by atoms with Crippen molar-refractivity contribution in [2.75, 3.05) is 7.05 Å². The fourth-order valence-corrected chi connectivity index (χ4v) is 3.49. The molecule has 0 N–H and O–H groups in total. The number of aryl methyl sites for hydroxylation is 3. The molecule has 25 heavy (non-hydrogen) atoms. The molecule has 0 aromatic carbocycles. The molecule has 0 saturated heterocycles. The second-order valence-electron chi connectivity index (χ2n) is 5.84. The Hall–Kier alpha value is -2.48. The fraction of sp³-hybridized carbons (Fsp3) is 0.412. The third kappa shape index (κ3) is 3.79. The largest absolute Gasteiger partial charge is 0.461 e. The number of rotatable bonds is 6. The van der Waals surface area contributed by atoms with Crippen molar-refractivity contribution in [3.05, 3.63) is 39.9 Å². The molecule has 1 unspecified atom stereocenters. The Morgan fingerprint density at radius 1 is 1.36 bits per heavy atom. The van der Waals surface area contributed by atoms with E-state index in [0.717, 1.165) is 15.6 Å². The predicted molar refractivity (Wildman–Crippen MR) is 93.1 cm³/mol. The van der Waals surface area contributed by atoms with Crippen molar-refractivity contribution in [2.45, 2.75) is 39.7 Å². The fourth-order valence-electron chi connectivity index (χ4n) is 2.58. The first-order valence-corrected chi connectivity index (χ1v) is 8.83. The second kappa shape index (κ2) is 7.18. The van der Waals surface area contributed by atoms with Gasteiger partial charge in [0.15, 0.2) is 5.76 Å². The topological polar surface area (TPSA) is 85.3 Å². The lowest BCUT2D eigenvalue weighted by atomic mass is 10.1. The third-order valence-corrected chi connectivity index (χ3v) is 4.97. The average molecular weight is 360 g/mol. The van der Waals surface area contributed by atoms with Crippen molar-refractivity contribution < 1.29 is 13.7 Å². The highest BCUT2D eigenvalue weighted by Crippen LogP contribution is 2.26. The van der Waals surface area contributed by atoms with Gasteiger partial charge in [-0.1, -0.05) is 5.16 Å². The van der Waals surface area contributed by atoms with Gasteiger partial charge in [-0.05, 0) is 32.9 Å². The van der Waals surface area contributed by atoms with Gasteiger partial charge in [-0.2, -0.15) is 4.98 Å². The van der Waals surface area contributed by atoms with Crippen molar-refractivity contribution in [1.29, 1.82) is 0 Å². The smallest absolute Gasteiger partial charge is 0.238 e. The van der Waals surface area contributed by atoms with Gasteiger partial charge in [-0.25, -0.2) is 4.98 Å². The van der Waals surface area contributed by atoms with Gasteiger partial charge < -0.3 is 13.8 Å². The number of carbonyl (C=O) groups excluding carboxylic acids is 1. The molecule has 0 aliphatic carbocycles. The van der Waals surface area contributed by atoms with Crippen molar-refractivity contribution in [1.82, 2.24) is 20.0 Å². The van der Waals surface area contributed by atoms with E-state index in [9.17, 15) is 4.79 Å². The Balaban J connectivity index is 1.59. The van der Waals surface area contributed by atoms with E-state index in [1.807, 2.05) is 20.8 Å². The molecular weight excluding hydrogens is 340 g/mol. The normalized spacial score (nSPS) is 12.3. The maximum Gasteiger partial charge on any atom is 0.238 e. The van der Waals surface area contributed by atoms with Crippen molar-refractivity contribution in [3.63, 3.8) is 0 Å². The van der Waals surface area contributed by atoms with E-state index < -0.39 is 0 Å². The number of aromatic nitrogens is 3. The minimum absolute atomic E-state index is 0.00954. The van der Waals surface area contributed by atoms with E-state index in [0.29, 0.717) is 30.3 Å². The highest BCUT2D eigenvalue weighted by Gasteiger charge is 2.22. The first-order valence-electron chi connectivity index (χ1n) is 8.01. The number of thiazole rings is 1. The Labute approximate surface area is 149 Å². The van der Waals surface area contributed by atoms with Crippen LogP contribution in [0.2, 0.25) is 0 Å². The summed E-state index contributed by atoms with van der Waals surface area (Å²) in [4.78, 5) is 24.1. The van der Waals surface area contributed by atoms with Crippen LogP contribution in [0.25, 0.3) is 11.6 Å². The van der Waals surface area contributed by atoms with E-state index in [1.165, 1.54) is 0 Å². The molecule has 0 saturated carbocycles. The summed E-state index contributed by atoms with van der Waals surface area (Å²) in [7, 11) is 1.79. The van der Waals surface area contributed by atoms with E-state index >= 15 is 0 Å². The zero-order valence-electron chi connectivity index (χ0n) is 14.6. The highest BCUT2D eigenvalue weighted by atomic mass is 32.1. The van der Waals surface area contributed by atoms with E-state index in [-0.39, 0.29) is 11.9 Å². The minimum atomic E-state index is -0.0705. The maximum absolute atomic E-state index is 12.5. The van der Waals surface area contributed by atoms with Crippen molar-refractivity contribution >= 4 is 17.2 Å². The Morgan fingerprint density at radius 2 is 2.16 bits per heavy atom. The molecule has 3 rings (SSSR count). The standard InChI is InChI=1S/C17H20N4O3S/c1-10(16-11(2)25-12(3)18-16)21(4)15(22)8-7-14-19-17(20-24-14)13-6-5-9-23-13/h5-6,9-10H,7-8H2,1-4H3. The molecule has 3 aromatic heterocycles. The summed E-state index contributed by atoms with van der Waals surface area (Å²) in [5.74, 6) is 1.36. The van der Waals surface area contributed by atoms with Crippen LogP contribution < -0.4 is 0 Å². The van der Waals surface area contributed by atoms with Gasteiger partial charge in [0, 0.05) is 24.8 Å². The molecule has 8 heteroatoms. The molecule has 3 heterocycles. The summed E-state index contributed by atoms with van der Waals surface area (Å²) in [6.45, 7) is 5.99. The second-order valence-corrected chi connectivity index (χ2v) is 7.25. The Bertz CT molecular complexity index is 853. The predicted octanol–water partition coefficient (Wildman–Crippen LogP) is 3.56. The maximum atomic E-state index is 12.5. The van der Waals surface area contributed by atoms with Crippen LogP contribution in [0.4, 0.5) is 0 Å². The molecule has 7 nitrogen and oxygen atoms in total. The van der Waals surface area contributed by atoms with E-state index in [2.05, 4.69) is 15.1 Å². The number of carbonyl (C=O) groups is 1. The van der Waals surface area contributed by atoms with Gasteiger partial charge in [0.25, 0.3) is 0 Å². The van der Waals surface area contributed by atoms with Gasteiger partial charge in [0.2, 0.25) is 17.6 Å². The summed E-state index contributed by atoms with van der Waals surface area (Å²) in [5.41, 5.74) is 0.955. The lowest BCUT2D eigenvalue weighted by molar-refractivity contribution is -0.131.